The maximum absolute atomic E-state index is 12.0. The monoisotopic (exact) mass is 278 g/mol. The molecular formula is C15H22N2O3. The van der Waals surface area contributed by atoms with Gasteiger partial charge >= 0.3 is 5.97 Å². The van der Waals surface area contributed by atoms with Gasteiger partial charge in [0.1, 0.15) is 0 Å². The lowest BCUT2D eigenvalue weighted by Gasteiger charge is -2.16. The van der Waals surface area contributed by atoms with Gasteiger partial charge in [0.25, 0.3) is 5.91 Å². The van der Waals surface area contributed by atoms with Crippen LogP contribution in [0.4, 0.5) is 5.69 Å². The molecule has 0 fully saturated rings. The Morgan fingerprint density at radius 2 is 1.90 bits per heavy atom. The normalized spacial score (nSPS) is 11.7. The summed E-state index contributed by atoms with van der Waals surface area (Å²) in [5, 5.41) is 2.91. The number of hydrogen-bond donors (Lipinski definition) is 2. The van der Waals surface area contributed by atoms with Crippen molar-refractivity contribution in [3.63, 3.8) is 0 Å². The lowest BCUT2D eigenvalue weighted by molar-refractivity contribution is -0.143. The fourth-order valence-electron chi connectivity index (χ4n) is 1.81. The van der Waals surface area contributed by atoms with E-state index in [2.05, 4.69) is 5.32 Å². The van der Waals surface area contributed by atoms with Crippen molar-refractivity contribution in [2.24, 2.45) is 0 Å². The molecule has 1 atom stereocenters. The van der Waals surface area contributed by atoms with Crippen molar-refractivity contribution >= 4 is 17.6 Å². The minimum Gasteiger partial charge on any atom is -0.466 e. The van der Waals surface area contributed by atoms with Crippen LogP contribution in [0.25, 0.3) is 0 Å². The zero-order chi connectivity index (χ0) is 15.0. The quantitative estimate of drug-likeness (QED) is 0.591. The number of carbonyl (C=O) groups excluding carboxylic acids is 2. The molecule has 1 rings (SSSR count). The molecule has 5 heteroatoms. The summed E-state index contributed by atoms with van der Waals surface area (Å²) in [5.74, 6) is -0.381. The fraction of sp³-hybridized carbons (Fsp3) is 0.467. The Morgan fingerprint density at radius 1 is 1.25 bits per heavy atom. The third-order valence-corrected chi connectivity index (χ3v) is 3.00. The van der Waals surface area contributed by atoms with Gasteiger partial charge in [-0.2, -0.15) is 0 Å². The predicted octanol–water partition coefficient (Wildman–Crippen LogP) is 2.12. The standard InChI is InChI=1S/C15H22N2O3/c1-3-13(9-10-14(18)20-4-2)17-15(19)11-5-7-12(16)8-6-11/h5-8,13H,3-4,9-10,16H2,1-2H3,(H,17,19). The van der Waals surface area contributed by atoms with Crippen LogP contribution in [0.5, 0.6) is 0 Å². The Bertz CT molecular complexity index is 443. The Labute approximate surface area is 119 Å². The Kier molecular flexibility index (Phi) is 6.56. The van der Waals surface area contributed by atoms with Gasteiger partial charge in [0.2, 0.25) is 0 Å². The van der Waals surface area contributed by atoms with Crippen LogP contribution in [0.3, 0.4) is 0 Å². The number of esters is 1. The Balaban J connectivity index is 2.49. The summed E-state index contributed by atoms with van der Waals surface area (Å²) < 4.78 is 4.87. The molecule has 0 aliphatic rings. The molecule has 1 aromatic rings. The molecule has 0 saturated heterocycles. The highest BCUT2D eigenvalue weighted by molar-refractivity contribution is 5.94. The molecule has 110 valence electrons. The van der Waals surface area contributed by atoms with Gasteiger partial charge in [-0.25, -0.2) is 0 Å². The van der Waals surface area contributed by atoms with Crippen molar-refractivity contribution in [1.82, 2.24) is 5.32 Å². The zero-order valence-electron chi connectivity index (χ0n) is 12.0. The van der Waals surface area contributed by atoms with Crippen molar-refractivity contribution < 1.29 is 14.3 Å². The van der Waals surface area contributed by atoms with Crippen molar-refractivity contribution in [2.75, 3.05) is 12.3 Å². The van der Waals surface area contributed by atoms with Gasteiger partial charge in [-0.15, -0.1) is 0 Å². The minimum atomic E-state index is -0.229. The number of nitrogens with two attached hydrogens (primary N) is 1. The summed E-state index contributed by atoms with van der Waals surface area (Å²) >= 11 is 0. The highest BCUT2D eigenvalue weighted by Gasteiger charge is 2.14. The third kappa shape index (κ3) is 5.30. The maximum Gasteiger partial charge on any atom is 0.305 e. The number of ether oxygens (including phenoxy) is 1. The van der Waals surface area contributed by atoms with Crippen LogP contribution >= 0.6 is 0 Å². The van der Waals surface area contributed by atoms with Crippen molar-refractivity contribution in [2.45, 2.75) is 39.2 Å². The van der Waals surface area contributed by atoms with E-state index in [0.29, 0.717) is 30.7 Å². The highest BCUT2D eigenvalue weighted by atomic mass is 16.5. The number of carbonyl (C=O) groups is 2. The summed E-state index contributed by atoms with van der Waals surface area (Å²) in [6, 6.07) is 6.71. The molecule has 0 aliphatic heterocycles. The molecule has 3 N–H and O–H groups in total. The molecule has 1 unspecified atom stereocenters. The second-order valence-electron chi connectivity index (χ2n) is 4.54. The number of nitrogen functional groups attached to an aromatic ring is 1. The first-order chi connectivity index (χ1) is 9.56. The summed E-state index contributed by atoms with van der Waals surface area (Å²) in [5.41, 5.74) is 6.77. The molecule has 0 bridgehead atoms. The molecule has 1 amide bonds. The highest BCUT2D eigenvalue weighted by Crippen LogP contribution is 2.08. The first-order valence-electron chi connectivity index (χ1n) is 6.88. The number of nitrogens with one attached hydrogen (secondary N) is 1. The molecule has 5 nitrogen and oxygen atoms in total. The van der Waals surface area contributed by atoms with Crippen LogP contribution in [0.1, 0.15) is 43.5 Å². The van der Waals surface area contributed by atoms with Gasteiger partial charge in [0.05, 0.1) is 6.61 Å². The van der Waals surface area contributed by atoms with E-state index in [-0.39, 0.29) is 17.9 Å². The molecule has 0 spiro atoms. The van der Waals surface area contributed by atoms with Gasteiger partial charge in [0, 0.05) is 23.7 Å². The number of benzene rings is 1. The molecule has 1 aromatic carbocycles. The van der Waals surface area contributed by atoms with E-state index < -0.39 is 0 Å². The zero-order valence-corrected chi connectivity index (χ0v) is 12.0. The summed E-state index contributed by atoms with van der Waals surface area (Å²) in [7, 11) is 0. The van der Waals surface area contributed by atoms with Crippen LogP contribution in [0.2, 0.25) is 0 Å². The van der Waals surface area contributed by atoms with Crippen LogP contribution in [-0.2, 0) is 9.53 Å². The number of hydrogen-bond acceptors (Lipinski definition) is 4. The topological polar surface area (TPSA) is 81.4 Å². The van der Waals surface area contributed by atoms with Gasteiger partial charge in [-0.05, 0) is 44.0 Å². The SMILES string of the molecule is CCOC(=O)CCC(CC)NC(=O)c1ccc(N)cc1. The Hall–Kier alpha value is -2.04. The van der Waals surface area contributed by atoms with Crippen molar-refractivity contribution in [1.29, 1.82) is 0 Å². The van der Waals surface area contributed by atoms with Crippen LogP contribution in [-0.4, -0.2) is 24.5 Å². The lowest BCUT2D eigenvalue weighted by Crippen LogP contribution is -2.34. The van der Waals surface area contributed by atoms with Crippen molar-refractivity contribution in [3.05, 3.63) is 29.8 Å². The first-order valence-corrected chi connectivity index (χ1v) is 6.88. The maximum atomic E-state index is 12.0. The number of rotatable bonds is 7. The summed E-state index contributed by atoms with van der Waals surface area (Å²) in [6.45, 7) is 4.13. The van der Waals surface area contributed by atoms with Gasteiger partial charge in [0.15, 0.2) is 0 Å². The average Bonchev–Trinajstić information content (AvgIpc) is 2.44. The molecular weight excluding hydrogens is 256 g/mol. The number of amides is 1. The predicted molar refractivity (Wildman–Crippen MR) is 78.3 cm³/mol. The van der Waals surface area contributed by atoms with Crippen LogP contribution in [0.15, 0.2) is 24.3 Å². The van der Waals surface area contributed by atoms with E-state index in [1.165, 1.54) is 0 Å². The molecule has 0 saturated carbocycles. The molecule has 20 heavy (non-hydrogen) atoms. The van der Waals surface area contributed by atoms with E-state index in [1.54, 1.807) is 31.2 Å². The van der Waals surface area contributed by atoms with Gasteiger partial charge < -0.3 is 15.8 Å². The van der Waals surface area contributed by atoms with E-state index in [1.807, 2.05) is 6.92 Å². The van der Waals surface area contributed by atoms with E-state index in [4.69, 9.17) is 10.5 Å². The van der Waals surface area contributed by atoms with E-state index >= 15 is 0 Å². The molecule has 0 heterocycles. The largest absolute Gasteiger partial charge is 0.466 e. The first kappa shape index (κ1) is 16.0. The second kappa shape index (κ2) is 8.19. The van der Waals surface area contributed by atoms with Crippen molar-refractivity contribution in [3.8, 4) is 0 Å². The van der Waals surface area contributed by atoms with E-state index in [0.717, 1.165) is 6.42 Å². The van der Waals surface area contributed by atoms with Gasteiger partial charge in [-0.3, -0.25) is 9.59 Å². The summed E-state index contributed by atoms with van der Waals surface area (Å²) in [6.07, 6.45) is 1.66. The fourth-order valence-corrected chi connectivity index (χ4v) is 1.81. The lowest BCUT2D eigenvalue weighted by atomic mass is 10.1. The molecule has 0 radical (unpaired) electrons. The smallest absolute Gasteiger partial charge is 0.305 e. The third-order valence-electron chi connectivity index (χ3n) is 3.00. The second-order valence-corrected chi connectivity index (χ2v) is 4.54. The van der Waals surface area contributed by atoms with E-state index in [9.17, 15) is 9.59 Å². The summed E-state index contributed by atoms with van der Waals surface area (Å²) in [4.78, 5) is 23.3. The van der Waals surface area contributed by atoms with Crippen LogP contribution < -0.4 is 11.1 Å². The molecule has 0 aromatic heterocycles. The molecule has 0 aliphatic carbocycles. The average molecular weight is 278 g/mol. The number of anilines is 1. The van der Waals surface area contributed by atoms with Gasteiger partial charge in [-0.1, -0.05) is 6.92 Å². The minimum absolute atomic E-state index is 0.0375. The van der Waals surface area contributed by atoms with Crippen LogP contribution in [0, 0.1) is 0 Å². The Morgan fingerprint density at radius 3 is 2.45 bits per heavy atom.